The lowest BCUT2D eigenvalue weighted by Gasteiger charge is -2.23. The van der Waals surface area contributed by atoms with Gasteiger partial charge in [0.1, 0.15) is 7.05 Å². The van der Waals surface area contributed by atoms with Gasteiger partial charge in [0.2, 0.25) is 5.69 Å². The third-order valence-electron chi connectivity index (χ3n) is 4.85. The van der Waals surface area contributed by atoms with Crippen LogP contribution in [0.2, 0.25) is 0 Å². The molecular weight excluding hydrogens is 254 g/mol. The topological polar surface area (TPSA) is 3.88 Å². The molecule has 0 amide bonds. The predicted octanol–water partition coefficient (Wildman–Crippen LogP) is 4.84. The average Bonchev–Trinajstić information content (AvgIpc) is 2.49. The Hall–Kier alpha value is -1.63. The van der Waals surface area contributed by atoms with E-state index < -0.39 is 0 Å². The van der Waals surface area contributed by atoms with Gasteiger partial charge >= 0.3 is 0 Å². The number of pyridine rings is 1. The lowest BCUT2D eigenvalue weighted by Crippen LogP contribution is -2.33. The SMILES string of the molecule is Cc1cc(C2CCCCC2)c(-c2ccccc2C)[n+](C)c1. The van der Waals surface area contributed by atoms with Gasteiger partial charge in [-0.2, -0.15) is 0 Å². The van der Waals surface area contributed by atoms with Crippen LogP contribution in [0.1, 0.15) is 54.7 Å². The van der Waals surface area contributed by atoms with Crippen molar-refractivity contribution < 1.29 is 4.57 Å². The van der Waals surface area contributed by atoms with E-state index in [-0.39, 0.29) is 0 Å². The third-order valence-corrected chi connectivity index (χ3v) is 4.85. The monoisotopic (exact) mass is 280 g/mol. The highest BCUT2D eigenvalue weighted by molar-refractivity contribution is 5.65. The van der Waals surface area contributed by atoms with E-state index in [0.717, 1.165) is 5.92 Å². The van der Waals surface area contributed by atoms with Crippen molar-refractivity contribution >= 4 is 0 Å². The van der Waals surface area contributed by atoms with Gasteiger partial charge in [0, 0.05) is 16.7 Å². The minimum Gasteiger partial charge on any atom is -0.201 e. The summed E-state index contributed by atoms with van der Waals surface area (Å²) in [6, 6.07) is 11.2. The molecule has 2 aromatic rings. The van der Waals surface area contributed by atoms with E-state index in [2.05, 4.69) is 62.0 Å². The number of aromatic nitrogens is 1. The van der Waals surface area contributed by atoms with Gasteiger partial charge in [-0.1, -0.05) is 37.5 Å². The fourth-order valence-electron chi connectivity index (χ4n) is 3.83. The maximum absolute atomic E-state index is 2.43. The van der Waals surface area contributed by atoms with E-state index in [9.17, 15) is 0 Å². The molecule has 3 rings (SSSR count). The van der Waals surface area contributed by atoms with Gasteiger partial charge in [0.25, 0.3) is 0 Å². The molecular formula is C20H26N+. The minimum atomic E-state index is 0.736. The summed E-state index contributed by atoms with van der Waals surface area (Å²) in [6.07, 6.45) is 9.14. The molecule has 0 N–H and O–H groups in total. The van der Waals surface area contributed by atoms with Gasteiger partial charge in [-0.15, -0.1) is 0 Å². The summed E-state index contributed by atoms with van der Waals surface area (Å²) in [7, 11) is 2.20. The Balaban J connectivity index is 2.16. The van der Waals surface area contributed by atoms with Crippen molar-refractivity contribution in [2.75, 3.05) is 0 Å². The molecule has 1 aliphatic carbocycles. The van der Waals surface area contributed by atoms with Crippen molar-refractivity contribution in [2.24, 2.45) is 7.05 Å². The van der Waals surface area contributed by atoms with Crippen molar-refractivity contribution in [2.45, 2.75) is 51.9 Å². The molecule has 0 spiro atoms. The largest absolute Gasteiger partial charge is 0.216 e. The molecule has 1 aliphatic rings. The number of benzene rings is 1. The summed E-state index contributed by atoms with van der Waals surface area (Å²) in [5.41, 5.74) is 7.11. The van der Waals surface area contributed by atoms with Crippen molar-refractivity contribution in [1.82, 2.24) is 0 Å². The van der Waals surface area contributed by atoms with Gasteiger partial charge in [0.05, 0.1) is 0 Å². The fraction of sp³-hybridized carbons (Fsp3) is 0.450. The lowest BCUT2D eigenvalue weighted by molar-refractivity contribution is -0.661. The Kier molecular flexibility index (Phi) is 4.10. The van der Waals surface area contributed by atoms with E-state index in [1.807, 2.05) is 0 Å². The second-order valence-electron chi connectivity index (χ2n) is 6.58. The Morgan fingerprint density at radius 3 is 2.43 bits per heavy atom. The lowest BCUT2D eigenvalue weighted by atomic mass is 9.81. The summed E-state index contributed by atoms with van der Waals surface area (Å²) in [5, 5.41) is 0. The molecule has 0 saturated heterocycles. The molecule has 1 heteroatoms. The van der Waals surface area contributed by atoms with E-state index in [4.69, 9.17) is 0 Å². The molecule has 0 bridgehead atoms. The van der Waals surface area contributed by atoms with Crippen LogP contribution in [0.5, 0.6) is 0 Å². The molecule has 110 valence electrons. The van der Waals surface area contributed by atoms with E-state index in [1.165, 1.54) is 54.5 Å². The zero-order chi connectivity index (χ0) is 14.8. The highest BCUT2D eigenvalue weighted by Gasteiger charge is 2.26. The molecule has 0 unspecified atom stereocenters. The molecule has 21 heavy (non-hydrogen) atoms. The number of hydrogen-bond acceptors (Lipinski definition) is 0. The smallest absolute Gasteiger partial charge is 0.201 e. The quantitative estimate of drug-likeness (QED) is 0.693. The van der Waals surface area contributed by atoms with Crippen molar-refractivity contribution in [3.63, 3.8) is 0 Å². The molecule has 1 aromatic heterocycles. The van der Waals surface area contributed by atoms with Crippen LogP contribution in [0.25, 0.3) is 11.3 Å². The average molecular weight is 280 g/mol. The van der Waals surface area contributed by atoms with Crippen LogP contribution in [0.3, 0.4) is 0 Å². The molecule has 1 aromatic carbocycles. The standard InChI is InChI=1S/C20H26N/c1-15-13-19(17-10-5-4-6-11-17)20(21(3)14-15)18-12-8-7-9-16(18)2/h7-9,12-14,17H,4-6,10-11H2,1-3H3/q+1. The molecule has 0 radical (unpaired) electrons. The Morgan fingerprint density at radius 2 is 1.71 bits per heavy atom. The van der Waals surface area contributed by atoms with Crippen molar-refractivity contribution in [3.8, 4) is 11.3 Å². The maximum atomic E-state index is 2.43. The molecule has 1 fully saturated rings. The first-order chi connectivity index (χ1) is 10.2. The van der Waals surface area contributed by atoms with Crippen molar-refractivity contribution in [1.29, 1.82) is 0 Å². The summed E-state index contributed by atoms with van der Waals surface area (Å²) in [4.78, 5) is 0. The first-order valence-corrected chi connectivity index (χ1v) is 8.23. The first kappa shape index (κ1) is 14.3. The van der Waals surface area contributed by atoms with Gasteiger partial charge in [-0.05, 0) is 50.3 Å². The Labute approximate surface area is 128 Å². The summed E-state index contributed by atoms with van der Waals surface area (Å²) in [5.74, 6) is 0.736. The van der Waals surface area contributed by atoms with Crippen LogP contribution in [-0.2, 0) is 7.05 Å². The second-order valence-corrected chi connectivity index (χ2v) is 6.58. The maximum Gasteiger partial charge on any atom is 0.216 e. The van der Waals surface area contributed by atoms with E-state index in [1.54, 1.807) is 5.56 Å². The third kappa shape index (κ3) is 2.88. The van der Waals surface area contributed by atoms with Crippen LogP contribution < -0.4 is 4.57 Å². The number of hydrogen-bond donors (Lipinski definition) is 0. The molecule has 1 heterocycles. The normalized spacial score (nSPS) is 16.1. The minimum absolute atomic E-state index is 0.736. The molecule has 0 atom stereocenters. The van der Waals surface area contributed by atoms with Gasteiger partial charge < -0.3 is 0 Å². The highest BCUT2D eigenvalue weighted by Crippen LogP contribution is 2.37. The molecule has 0 aliphatic heterocycles. The van der Waals surface area contributed by atoms with Gasteiger partial charge in [-0.25, -0.2) is 4.57 Å². The summed E-state index contributed by atoms with van der Waals surface area (Å²) < 4.78 is 2.33. The number of rotatable bonds is 2. The van der Waals surface area contributed by atoms with E-state index >= 15 is 0 Å². The van der Waals surface area contributed by atoms with Gasteiger partial charge in [0.15, 0.2) is 6.20 Å². The van der Waals surface area contributed by atoms with Crippen LogP contribution in [0.4, 0.5) is 0 Å². The first-order valence-electron chi connectivity index (χ1n) is 8.23. The van der Waals surface area contributed by atoms with E-state index in [0.29, 0.717) is 0 Å². The second kappa shape index (κ2) is 6.01. The summed E-state index contributed by atoms with van der Waals surface area (Å²) in [6.45, 7) is 4.44. The predicted molar refractivity (Wildman–Crippen MR) is 88.4 cm³/mol. The Bertz CT molecular complexity index is 636. The number of nitrogens with zero attached hydrogens (tertiary/aromatic N) is 1. The zero-order valence-corrected chi connectivity index (χ0v) is 13.5. The molecule has 1 nitrogen and oxygen atoms in total. The van der Waals surface area contributed by atoms with Gasteiger partial charge in [-0.3, -0.25) is 0 Å². The zero-order valence-electron chi connectivity index (χ0n) is 13.5. The molecule has 1 saturated carbocycles. The number of aryl methyl sites for hydroxylation is 3. The van der Waals surface area contributed by atoms with Crippen molar-refractivity contribution in [3.05, 3.63) is 53.2 Å². The van der Waals surface area contributed by atoms with Crippen LogP contribution in [-0.4, -0.2) is 0 Å². The van der Waals surface area contributed by atoms with Crippen LogP contribution in [0, 0.1) is 13.8 Å². The Morgan fingerprint density at radius 1 is 1.00 bits per heavy atom. The fourth-order valence-corrected chi connectivity index (χ4v) is 3.83. The van der Waals surface area contributed by atoms with Crippen LogP contribution >= 0.6 is 0 Å². The highest BCUT2D eigenvalue weighted by atomic mass is 14.9. The summed E-state index contributed by atoms with van der Waals surface area (Å²) >= 11 is 0. The van der Waals surface area contributed by atoms with Crippen LogP contribution in [0.15, 0.2) is 36.5 Å².